The highest BCUT2D eigenvalue weighted by atomic mass is 19.3. The van der Waals surface area contributed by atoms with E-state index in [4.69, 9.17) is 4.74 Å². The Bertz CT molecular complexity index is 1050. The molecule has 0 radical (unpaired) electrons. The van der Waals surface area contributed by atoms with Crippen LogP contribution in [0.3, 0.4) is 0 Å². The van der Waals surface area contributed by atoms with E-state index in [2.05, 4.69) is 10.1 Å². The van der Waals surface area contributed by atoms with Crippen LogP contribution in [0.2, 0.25) is 0 Å². The molecule has 0 bridgehead atoms. The van der Waals surface area contributed by atoms with Crippen LogP contribution < -0.4 is 10.1 Å². The minimum absolute atomic E-state index is 0.00857. The number of alkyl halides is 2. The first-order valence-corrected chi connectivity index (χ1v) is 8.63. The molecule has 3 aromatic rings. The fraction of sp³-hybridized carbons (Fsp3) is 0.143. The second-order valence-corrected chi connectivity index (χ2v) is 6.09. The highest BCUT2D eigenvalue weighted by molar-refractivity contribution is 6.03. The summed E-state index contributed by atoms with van der Waals surface area (Å²) < 4.78 is 34.4. The van der Waals surface area contributed by atoms with Gasteiger partial charge in [0, 0.05) is 5.39 Å². The molecule has 0 aliphatic heterocycles. The van der Waals surface area contributed by atoms with Crippen LogP contribution in [0.4, 0.5) is 14.5 Å². The van der Waals surface area contributed by atoms with Gasteiger partial charge in [-0.2, -0.15) is 8.78 Å². The zero-order valence-electron chi connectivity index (χ0n) is 15.3. The Morgan fingerprint density at radius 3 is 2.45 bits per heavy atom. The Hall–Kier alpha value is -3.68. The van der Waals surface area contributed by atoms with Crippen molar-refractivity contribution in [3.63, 3.8) is 0 Å². The van der Waals surface area contributed by atoms with Gasteiger partial charge in [-0.05, 0) is 30.5 Å². The van der Waals surface area contributed by atoms with Crippen LogP contribution in [0.1, 0.15) is 17.3 Å². The molecule has 150 valence electrons. The molecule has 6 nitrogen and oxygen atoms in total. The van der Waals surface area contributed by atoms with Crippen LogP contribution in [0.5, 0.6) is 11.5 Å². The highest BCUT2D eigenvalue weighted by Gasteiger charge is 2.23. The molecule has 3 aromatic carbocycles. The first-order valence-electron chi connectivity index (χ1n) is 8.63. The summed E-state index contributed by atoms with van der Waals surface area (Å²) in [6.07, 6.45) is -1.26. The van der Waals surface area contributed by atoms with Gasteiger partial charge in [-0.1, -0.05) is 42.5 Å². The van der Waals surface area contributed by atoms with Gasteiger partial charge in [-0.3, -0.25) is 4.79 Å². The topological polar surface area (TPSA) is 84.9 Å². The van der Waals surface area contributed by atoms with Crippen LogP contribution in [0.25, 0.3) is 10.8 Å². The van der Waals surface area contributed by atoms with Crippen LogP contribution in [0.15, 0.2) is 60.7 Å². The average Bonchev–Trinajstić information content (AvgIpc) is 2.69. The summed E-state index contributed by atoms with van der Waals surface area (Å²) in [6.45, 7) is -1.73. The zero-order valence-corrected chi connectivity index (χ0v) is 15.3. The summed E-state index contributed by atoms with van der Waals surface area (Å²) in [7, 11) is 0. The second kappa shape index (κ2) is 8.55. The number of anilines is 1. The molecule has 0 aliphatic carbocycles. The molecule has 1 amide bonds. The Balaban J connectivity index is 1.72. The summed E-state index contributed by atoms with van der Waals surface area (Å²) in [5.41, 5.74) is -0.0842. The third kappa shape index (κ3) is 4.60. The quantitative estimate of drug-likeness (QED) is 0.601. The lowest BCUT2D eigenvalue weighted by molar-refractivity contribution is -0.123. The maximum atomic E-state index is 12.5. The number of benzene rings is 3. The van der Waals surface area contributed by atoms with Gasteiger partial charge in [0.05, 0.1) is 5.69 Å². The number of phenolic OH excluding ortho intramolecular Hbond substituents is 1. The van der Waals surface area contributed by atoms with E-state index in [9.17, 15) is 23.5 Å². The lowest BCUT2D eigenvalue weighted by Crippen LogP contribution is -2.30. The van der Waals surface area contributed by atoms with Crippen molar-refractivity contribution in [2.45, 2.75) is 19.6 Å². The largest absolute Gasteiger partial charge is 0.506 e. The van der Waals surface area contributed by atoms with Gasteiger partial charge in [-0.25, -0.2) is 4.79 Å². The molecule has 0 aromatic heterocycles. The number of phenols is 1. The highest BCUT2D eigenvalue weighted by Crippen LogP contribution is 2.29. The molecule has 0 spiro atoms. The summed E-state index contributed by atoms with van der Waals surface area (Å²) in [4.78, 5) is 24.7. The SMILES string of the molecule is C[C@@H](OC(=O)c1ccc2ccccc2c1O)C(=O)Nc1ccccc1OC(F)F. The molecule has 0 fully saturated rings. The number of hydrogen-bond donors (Lipinski definition) is 2. The van der Waals surface area contributed by atoms with Gasteiger partial charge < -0.3 is 19.9 Å². The molecule has 29 heavy (non-hydrogen) atoms. The standard InChI is InChI=1S/C21H17F2NO5/c1-12(19(26)24-16-8-4-5-9-17(16)29-21(22)23)28-20(27)15-11-10-13-6-2-3-7-14(13)18(15)25/h2-12,21,25H,1H3,(H,24,26)/t12-/m1/s1. The Labute approximate surface area is 164 Å². The van der Waals surface area contributed by atoms with E-state index in [-0.39, 0.29) is 22.7 Å². The number of rotatable bonds is 6. The van der Waals surface area contributed by atoms with Crippen molar-refractivity contribution in [1.29, 1.82) is 0 Å². The number of halogens is 2. The van der Waals surface area contributed by atoms with Gasteiger partial charge >= 0.3 is 12.6 Å². The van der Waals surface area contributed by atoms with Gasteiger partial charge in [-0.15, -0.1) is 0 Å². The van der Waals surface area contributed by atoms with E-state index in [1.54, 1.807) is 30.3 Å². The summed E-state index contributed by atoms with van der Waals surface area (Å²) in [6, 6.07) is 15.6. The fourth-order valence-electron chi connectivity index (χ4n) is 2.70. The number of carbonyl (C=O) groups excluding carboxylic acids is 2. The maximum absolute atomic E-state index is 12.5. The van der Waals surface area contributed by atoms with E-state index in [1.165, 1.54) is 37.3 Å². The first-order chi connectivity index (χ1) is 13.9. The van der Waals surface area contributed by atoms with Crippen molar-refractivity contribution < 1.29 is 33.0 Å². The number of ether oxygens (including phenoxy) is 2. The minimum Gasteiger partial charge on any atom is -0.506 e. The minimum atomic E-state index is -3.06. The number of esters is 1. The molecule has 1 atom stereocenters. The maximum Gasteiger partial charge on any atom is 0.387 e. The van der Waals surface area contributed by atoms with Crippen molar-refractivity contribution in [3.8, 4) is 11.5 Å². The third-order valence-electron chi connectivity index (χ3n) is 4.13. The lowest BCUT2D eigenvalue weighted by atomic mass is 10.1. The zero-order chi connectivity index (χ0) is 21.0. The molecule has 0 saturated heterocycles. The molecule has 0 heterocycles. The lowest BCUT2D eigenvalue weighted by Gasteiger charge is -2.16. The van der Waals surface area contributed by atoms with Gasteiger partial charge in [0.1, 0.15) is 17.1 Å². The predicted molar refractivity (Wildman–Crippen MR) is 102 cm³/mol. The Kier molecular flexibility index (Phi) is 5.92. The molecular formula is C21H17F2NO5. The number of aromatic hydroxyl groups is 1. The first kappa shape index (κ1) is 20.1. The third-order valence-corrected chi connectivity index (χ3v) is 4.13. The number of para-hydroxylation sites is 2. The Morgan fingerprint density at radius 2 is 1.69 bits per heavy atom. The van der Waals surface area contributed by atoms with Crippen molar-refractivity contribution in [3.05, 3.63) is 66.2 Å². The summed E-state index contributed by atoms with van der Waals surface area (Å²) in [5, 5.41) is 13.9. The summed E-state index contributed by atoms with van der Waals surface area (Å²) in [5.74, 6) is -2.12. The van der Waals surface area contributed by atoms with Crippen LogP contribution >= 0.6 is 0 Å². The number of carbonyl (C=O) groups is 2. The van der Waals surface area contributed by atoms with Crippen molar-refractivity contribution >= 4 is 28.3 Å². The van der Waals surface area contributed by atoms with Gasteiger partial charge in [0.2, 0.25) is 0 Å². The van der Waals surface area contributed by atoms with Gasteiger partial charge in [0.25, 0.3) is 5.91 Å². The average molecular weight is 401 g/mol. The van der Waals surface area contributed by atoms with Crippen LogP contribution in [0, 0.1) is 0 Å². The molecule has 2 N–H and O–H groups in total. The fourth-order valence-corrected chi connectivity index (χ4v) is 2.70. The molecule has 3 rings (SSSR count). The van der Waals surface area contributed by atoms with E-state index < -0.39 is 24.6 Å². The van der Waals surface area contributed by atoms with E-state index >= 15 is 0 Å². The Morgan fingerprint density at radius 1 is 1.00 bits per heavy atom. The number of nitrogens with one attached hydrogen (secondary N) is 1. The molecular weight excluding hydrogens is 384 g/mol. The predicted octanol–water partition coefficient (Wildman–Crippen LogP) is 4.33. The number of hydrogen-bond acceptors (Lipinski definition) is 5. The second-order valence-electron chi connectivity index (χ2n) is 6.09. The molecule has 0 unspecified atom stereocenters. The van der Waals surface area contributed by atoms with Gasteiger partial charge in [0.15, 0.2) is 6.10 Å². The van der Waals surface area contributed by atoms with E-state index in [0.29, 0.717) is 5.39 Å². The van der Waals surface area contributed by atoms with Crippen LogP contribution in [-0.2, 0) is 9.53 Å². The summed E-state index contributed by atoms with van der Waals surface area (Å²) >= 11 is 0. The van der Waals surface area contributed by atoms with E-state index in [0.717, 1.165) is 5.39 Å². The van der Waals surface area contributed by atoms with Crippen molar-refractivity contribution in [2.24, 2.45) is 0 Å². The number of amides is 1. The monoisotopic (exact) mass is 401 g/mol. The van der Waals surface area contributed by atoms with Crippen molar-refractivity contribution in [1.82, 2.24) is 0 Å². The molecule has 8 heteroatoms. The van der Waals surface area contributed by atoms with E-state index in [1.807, 2.05) is 0 Å². The number of fused-ring (bicyclic) bond motifs is 1. The molecule has 0 saturated carbocycles. The molecule has 0 aliphatic rings. The smallest absolute Gasteiger partial charge is 0.387 e. The normalized spacial score (nSPS) is 11.9. The van der Waals surface area contributed by atoms with Crippen LogP contribution in [-0.4, -0.2) is 29.7 Å². The van der Waals surface area contributed by atoms with Crippen molar-refractivity contribution in [2.75, 3.05) is 5.32 Å².